The molecule has 0 spiro atoms. The van der Waals surface area contributed by atoms with Crippen molar-refractivity contribution in [2.24, 2.45) is 17.3 Å². The molecule has 4 atom stereocenters. The van der Waals surface area contributed by atoms with Crippen molar-refractivity contribution in [3.8, 4) is 5.75 Å². The van der Waals surface area contributed by atoms with Crippen LogP contribution in [0.15, 0.2) is 109 Å². The summed E-state index contributed by atoms with van der Waals surface area (Å²) in [5, 5.41) is 8.70. The minimum atomic E-state index is -0.252. The van der Waals surface area contributed by atoms with Crippen molar-refractivity contribution < 1.29 is 19.1 Å². The van der Waals surface area contributed by atoms with Crippen molar-refractivity contribution in [2.75, 3.05) is 13.2 Å². The number of carbonyl (C=O) groups is 2. The molecule has 54 heavy (non-hydrogen) atoms. The average molecular weight is 730 g/mol. The molecule has 286 valence electrons. The van der Waals surface area contributed by atoms with Gasteiger partial charge in [0.15, 0.2) is 0 Å². The van der Waals surface area contributed by atoms with Gasteiger partial charge in [0.2, 0.25) is 0 Å². The fourth-order valence-corrected chi connectivity index (χ4v) is 8.21. The maximum Gasteiger partial charge on any atom is 0.338 e. The number of ether oxygens (including phenoxy) is 2. The van der Waals surface area contributed by atoms with Crippen LogP contribution in [-0.4, -0.2) is 40.0 Å². The predicted octanol–water partition coefficient (Wildman–Crippen LogP) is 11.1. The number of aryl methyl sites for hydroxylation is 2. The monoisotopic (exact) mass is 729 g/mol. The van der Waals surface area contributed by atoms with E-state index in [9.17, 15) is 9.59 Å². The molecule has 0 saturated heterocycles. The molecule has 3 aliphatic rings. The fraction of sp³-hybridized carbons (Fsp3) is 0.447. The SMILES string of the molecule is C=C(C)CCOc1ccc2c(c1)CC[C@@H]1[C@H]3CCC(=O)[C@]3(C)CC[C@@H]21.C=C(C)CCn1nc2ccccc2n1.CC(C)=CCCOC(=O)c1ccccc1. The molecule has 2 saturated carbocycles. The summed E-state index contributed by atoms with van der Waals surface area (Å²) in [5.74, 6) is 3.24. The van der Waals surface area contributed by atoms with E-state index in [2.05, 4.69) is 54.6 Å². The summed E-state index contributed by atoms with van der Waals surface area (Å²) in [6.07, 6.45) is 11.2. The number of aromatic nitrogens is 3. The third-order valence-electron chi connectivity index (χ3n) is 11.2. The molecule has 7 rings (SSSR count). The number of nitrogens with zero attached hydrogens (tertiary/aromatic N) is 3. The van der Waals surface area contributed by atoms with Gasteiger partial charge in [0, 0.05) is 18.3 Å². The van der Waals surface area contributed by atoms with E-state index in [4.69, 9.17) is 9.47 Å². The quantitative estimate of drug-likeness (QED) is 0.0868. The number of benzene rings is 3. The van der Waals surface area contributed by atoms with Crippen LogP contribution < -0.4 is 4.74 Å². The van der Waals surface area contributed by atoms with Gasteiger partial charge in [0.1, 0.15) is 22.6 Å². The highest BCUT2D eigenvalue weighted by atomic mass is 16.5. The number of Topliss-reactive ketones (excluding diaryl/α,β-unsaturated/α-hetero) is 1. The highest BCUT2D eigenvalue weighted by Crippen LogP contribution is 2.59. The Hall–Kier alpha value is -4.78. The molecular weight excluding hydrogens is 671 g/mol. The topological polar surface area (TPSA) is 83.3 Å². The minimum Gasteiger partial charge on any atom is -0.493 e. The van der Waals surface area contributed by atoms with Crippen LogP contribution >= 0.6 is 0 Å². The normalized spacial score (nSPS) is 20.8. The Labute approximate surface area is 322 Å². The van der Waals surface area contributed by atoms with E-state index in [1.54, 1.807) is 16.9 Å². The Balaban J connectivity index is 0.000000167. The van der Waals surface area contributed by atoms with Crippen LogP contribution in [0.5, 0.6) is 5.75 Å². The molecule has 7 heteroatoms. The molecule has 0 unspecified atom stereocenters. The largest absolute Gasteiger partial charge is 0.493 e. The van der Waals surface area contributed by atoms with Crippen molar-refractivity contribution in [1.82, 2.24) is 15.0 Å². The van der Waals surface area contributed by atoms with Gasteiger partial charge in [-0.1, -0.05) is 66.1 Å². The molecule has 0 amide bonds. The van der Waals surface area contributed by atoms with Gasteiger partial charge in [-0.05, 0) is 138 Å². The van der Waals surface area contributed by atoms with E-state index in [1.807, 2.05) is 70.2 Å². The molecular formula is C47H59N3O4. The Bertz CT molecular complexity index is 1910. The second-order valence-electron chi connectivity index (χ2n) is 15.8. The van der Waals surface area contributed by atoms with Crippen LogP contribution in [0.4, 0.5) is 0 Å². The van der Waals surface area contributed by atoms with Crippen LogP contribution in [-0.2, 0) is 22.5 Å². The van der Waals surface area contributed by atoms with E-state index in [0.717, 1.165) is 79.4 Å². The predicted molar refractivity (Wildman–Crippen MR) is 219 cm³/mol. The van der Waals surface area contributed by atoms with Crippen LogP contribution in [0.1, 0.15) is 113 Å². The van der Waals surface area contributed by atoms with Crippen molar-refractivity contribution >= 4 is 22.8 Å². The van der Waals surface area contributed by atoms with E-state index < -0.39 is 0 Å². The average Bonchev–Trinajstić information content (AvgIpc) is 3.72. The number of rotatable bonds is 11. The number of hydrogen-bond acceptors (Lipinski definition) is 6. The summed E-state index contributed by atoms with van der Waals surface area (Å²) in [4.78, 5) is 25.6. The molecule has 4 aromatic rings. The zero-order valence-electron chi connectivity index (χ0n) is 33.1. The third-order valence-corrected chi connectivity index (χ3v) is 11.2. The number of fused-ring (bicyclic) bond motifs is 6. The fourth-order valence-electron chi connectivity index (χ4n) is 8.21. The molecule has 2 fully saturated rings. The van der Waals surface area contributed by atoms with Gasteiger partial charge >= 0.3 is 5.97 Å². The zero-order valence-corrected chi connectivity index (χ0v) is 33.1. The second kappa shape index (κ2) is 19.0. The summed E-state index contributed by atoms with van der Waals surface area (Å²) in [5.41, 5.74) is 9.06. The van der Waals surface area contributed by atoms with Crippen LogP contribution in [0.3, 0.4) is 0 Å². The number of carbonyl (C=O) groups excluding carboxylic acids is 2. The van der Waals surface area contributed by atoms with Gasteiger partial charge in [0.25, 0.3) is 0 Å². The smallest absolute Gasteiger partial charge is 0.338 e. The zero-order chi connectivity index (χ0) is 38.7. The van der Waals surface area contributed by atoms with Crippen LogP contribution in [0.2, 0.25) is 0 Å². The highest BCUT2D eigenvalue weighted by Gasteiger charge is 2.54. The van der Waals surface area contributed by atoms with Gasteiger partial charge in [-0.3, -0.25) is 4.79 Å². The maximum atomic E-state index is 12.4. The molecule has 0 radical (unpaired) electrons. The van der Waals surface area contributed by atoms with Gasteiger partial charge in [-0.15, -0.1) is 13.2 Å². The molecule has 1 heterocycles. The van der Waals surface area contributed by atoms with Crippen molar-refractivity contribution in [3.63, 3.8) is 0 Å². The molecule has 0 bridgehead atoms. The standard InChI is InChI=1S/C23H30O2.C13H16O2.C11H13N3/c1-15(2)11-13-25-17-5-7-18-16(14-17)4-6-20-19(18)10-12-23(3)21(20)8-9-22(23)24;1-11(2)7-6-10-15-13(14)12-8-4-3-5-9-12;1-9(2)7-8-14-12-10-5-3-4-6-11(10)13-14/h5,7,14,19-21H,1,4,6,8-13H2,2-3H3;3-5,7-9H,6,10H2,1-2H3;3-6H,1,7-8H2,2H3/t19-,20-,21+,23+;;/m0../s1. The Morgan fingerprint density at radius 1 is 0.870 bits per heavy atom. The number of esters is 1. The first-order valence-corrected chi connectivity index (χ1v) is 19.7. The van der Waals surface area contributed by atoms with E-state index in [1.165, 1.54) is 29.5 Å². The maximum absolute atomic E-state index is 12.4. The molecule has 3 aliphatic carbocycles. The van der Waals surface area contributed by atoms with E-state index in [-0.39, 0.29) is 11.4 Å². The Kier molecular flexibility index (Phi) is 14.2. The number of hydrogen-bond donors (Lipinski definition) is 0. The lowest BCUT2D eigenvalue weighted by Gasteiger charge is -2.48. The number of allylic oxidation sites excluding steroid dienone is 2. The number of ketones is 1. The second-order valence-corrected chi connectivity index (χ2v) is 15.8. The first-order chi connectivity index (χ1) is 25.9. The molecule has 7 nitrogen and oxygen atoms in total. The molecule has 0 N–H and O–H groups in total. The van der Waals surface area contributed by atoms with Gasteiger partial charge in [0.05, 0.1) is 25.3 Å². The first kappa shape index (κ1) is 40.4. The van der Waals surface area contributed by atoms with Gasteiger partial charge < -0.3 is 9.47 Å². The van der Waals surface area contributed by atoms with E-state index in [0.29, 0.717) is 42.3 Å². The third kappa shape index (κ3) is 10.7. The summed E-state index contributed by atoms with van der Waals surface area (Å²) < 4.78 is 11.0. The Morgan fingerprint density at radius 3 is 2.22 bits per heavy atom. The van der Waals surface area contributed by atoms with Gasteiger partial charge in [-0.2, -0.15) is 15.0 Å². The molecule has 1 aromatic heterocycles. The minimum absolute atomic E-state index is 0.0235. The van der Waals surface area contributed by atoms with E-state index >= 15 is 0 Å². The van der Waals surface area contributed by atoms with Crippen LogP contribution in [0, 0.1) is 17.3 Å². The summed E-state index contributed by atoms with van der Waals surface area (Å²) in [7, 11) is 0. The summed E-state index contributed by atoms with van der Waals surface area (Å²) in [6, 6.07) is 23.6. The Morgan fingerprint density at radius 2 is 1.56 bits per heavy atom. The lowest BCUT2D eigenvalue weighted by Crippen LogP contribution is -2.42. The molecule has 0 aliphatic heterocycles. The van der Waals surface area contributed by atoms with Crippen molar-refractivity contribution in [1.29, 1.82) is 0 Å². The highest BCUT2D eigenvalue weighted by molar-refractivity contribution is 5.89. The first-order valence-electron chi connectivity index (χ1n) is 19.7. The lowest BCUT2D eigenvalue weighted by atomic mass is 9.55. The summed E-state index contributed by atoms with van der Waals surface area (Å²) >= 11 is 0. The summed E-state index contributed by atoms with van der Waals surface area (Å²) in [6.45, 7) is 20.1. The van der Waals surface area contributed by atoms with Gasteiger partial charge in [-0.25, -0.2) is 4.79 Å². The van der Waals surface area contributed by atoms with Crippen molar-refractivity contribution in [3.05, 3.63) is 125 Å². The lowest BCUT2D eigenvalue weighted by molar-refractivity contribution is -0.129. The molecule has 3 aromatic carbocycles. The van der Waals surface area contributed by atoms with Crippen LogP contribution in [0.25, 0.3) is 11.0 Å². The van der Waals surface area contributed by atoms with Crippen molar-refractivity contribution in [2.45, 2.75) is 105 Å².